The second-order valence-electron chi connectivity index (χ2n) is 4.79. The van der Waals surface area contributed by atoms with Crippen LogP contribution in [0.5, 0.6) is 0 Å². The van der Waals surface area contributed by atoms with Gasteiger partial charge in [0.25, 0.3) is 0 Å². The van der Waals surface area contributed by atoms with Crippen molar-refractivity contribution in [3.8, 4) is 0 Å². The largest absolute Gasteiger partial charge is 0.382 e. The minimum absolute atomic E-state index is 0.305. The molecule has 0 bridgehead atoms. The number of aryl methyl sites for hydroxylation is 1. The predicted molar refractivity (Wildman–Crippen MR) is 73.6 cm³/mol. The maximum Gasteiger partial charge on any atom is 0.314 e. The van der Waals surface area contributed by atoms with Gasteiger partial charge >= 0.3 is 6.03 Å². The van der Waals surface area contributed by atoms with Crippen LogP contribution >= 0.6 is 0 Å². The van der Waals surface area contributed by atoms with Crippen molar-refractivity contribution in [2.75, 3.05) is 18.4 Å². The van der Waals surface area contributed by atoms with E-state index < -0.39 is 0 Å². The highest BCUT2D eigenvalue weighted by Crippen LogP contribution is 2.17. The number of hydrogen-bond donors (Lipinski definition) is 2. The Morgan fingerprint density at radius 3 is 2.44 bits per heavy atom. The van der Waals surface area contributed by atoms with Crippen molar-refractivity contribution in [2.24, 2.45) is 5.73 Å². The zero-order valence-electron chi connectivity index (χ0n) is 10.9. The summed E-state index contributed by atoms with van der Waals surface area (Å²) in [5, 5.41) is 3.51. The van der Waals surface area contributed by atoms with Gasteiger partial charge in [0, 0.05) is 24.8 Å². The summed E-state index contributed by atoms with van der Waals surface area (Å²) in [6.45, 7) is 3.65. The smallest absolute Gasteiger partial charge is 0.314 e. The summed E-state index contributed by atoms with van der Waals surface area (Å²) in [4.78, 5) is 12.7. The number of carbonyl (C=O) groups is 1. The quantitative estimate of drug-likeness (QED) is 0.860. The van der Waals surface area contributed by atoms with Gasteiger partial charge in [-0.1, -0.05) is 19.1 Å². The monoisotopic (exact) mass is 247 g/mol. The summed E-state index contributed by atoms with van der Waals surface area (Å²) in [5.41, 5.74) is 7.77. The van der Waals surface area contributed by atoms with E-state index in [-0.39, 0.29) is 6.03 Å². The number of piperidine rings is 1. The van der Waals surface area contributed by atoms with Crippen molar-refractivity contribution in [1.82, 2.24) is 4.90 Å². The highest BCUT2D eigenvalue weighted by molar-refractivity contribution is 5.72. The van der Waals surface area contributed by atoms with E-state index in [0.717, 1.165) is 38.0 Å². The van der Waals surface area contributed by atoms with Gasteiger partial charge in [0.15, 0.2) is 0 Å². The molecule has 0 aliphatic carbocycles. The number of rotatable bonds is 3. The lowest BCUT2D eigenvalue weighted by molar-refractivity contribution is 0.193. The second kappa shape index (κ2) is 5.76. The van der Waals surface area contributed by atoms with Crippen LogP contribution in [0.4, 0.5) is 10.5 Å². The van der Waals surface area contributed by atoms with E-state index in [1.54, 1.807) is 4.90 Å². The Balaban J connectivity index is 1.85. The Kier molecular flexibility index (Phi) is 4.07. The zero-order chi connectivity index (χ0) is 13.0. The third-order valence-corrected chi connectivity index (χ3v) is 3.54. The molecule has 0 aromatic heterocycles. The molecule has 18 heavy (non-hydrogen) atoms. The predicted octanol–water partition coefficient (Wildman–Crippen LogP) is 2.20. The van der Waals surface area contributed by atoms with Crippen LogP contribution in [0.25, 0.3) is 0 Å². The molecule has 4 nitrogen and oxygen atoms in total. The molecule has 0 spiro atoms. The number of anilines is 1. The minimum atomic E-state index is -0.305. The number of primary amides is 1. The van der Waals surface area contributed by atoms with E-state index in [0.29, 0.717) is 6.04 Å². The van der Waals surface area contributed by atoms with Gasteiger partial charge in [0.2, 0.25) is 0 Å². The first-order valence-corrected chi connectivity index (χ1v) is 6.59. The molecule has 1 aromatic carbocycles. The van der Waals surface area contributed by atoms with Crippen LogP contribution in [0.2, 0.25) is 0 Å². The molecule has 1 saturated heterocycles. The molecule has 1 fully saturated rings. The Bertz CT molecular complexity index is 394. The fraction of sp³-hybridized carbons (Fsp3) is 0.500. The van der Waals surface area contributed by atoms with Gasteiger partial charge in [-0.2, -0.15) is 0 Å². The summed E-state index contributed by atoms with van der Waals surface area (Å²) in [6, 6.07) is 8.69. The molecule has 1 heterocycles. The molecule has 1 aromatic rings. The van der Waals surface area contributed by atoms with Crippen LogP contribution in [0.1, 0.15) is 25.3 Å². The average Bonchev–Trinajstić information content (AvgIpc) is 2.40. The van der Waals surface area contributed by atoms with E-state index in [1.165, 1.54) is 5.56 Å². The van der Waals surface area contributed by atoms with E-state index in [1.807, 2.05) is 0 Å². The van der Waals surface area contributed by atoms with Crippen molar-refractivity contribution in [3.05, 3.63) is 29.8 Å². The maximum absolute atomic E-state index is 11.0. The van der Waals surface area contributed by atoms with Gasteiger partial charge in [-0.15, -0.1) is 0 Å². The fourth-order valence-electron chi connectivity index (χ4n) is 2.32. The molecule has 2 rings (SSSR count). The van der Waals surface area contributed by atoms with Crippen LogP contribution in [0.3, 0.4) is 0 Å². The molecule has 1 aliphatic rings. The SMILES string of the molecule is CCc1ccc(NC2CCN(C(N)=O)CC2)cc1. The first-order valence-electron chi connectivity index (χ1n) is 6.59. The van der Waals surface area contributed by atoms with Crippen LogP contribution in [0, 0.1) is 0 Å². The Morgan fingerprint density at radius 2 is 1.94 bits per heavy atom. The van der Waals surface area contributed by atoms with Gasteiger partial charge in [-0.05, 0) is 37.0 Å². The van der Waals surface area contributed by atoms with Crippen LogP contribution in [-0.2, 0) is 6.42 Å². The number of urea groups is 1. The summed E-state index contributed by atoms with van der Waals surface area (Å²) < 4.78 is 0. The van der Waals surface area contributed by atoms with Crippen LogP contribution in [0.15, 0.2) is 24.3 Å². The summed E-state index contributed by atoms with van der Waals surface area (Å²) >= 11 is 0. The fourth-order valence-corrected chi connectivity index (χ4v) is 2.32. The zero-order valence-corrected chi connectivity index (χ0v) is 10.9. The number of likely N-dealkylation sites (tertiary alicyclic amines) is 1. The standard InChI is InChI=1S/C14H21N3O/c1-2-11-3-5-12(6-4-11)16-13-7-9-17(10-8-13)14(15)18/h3-6,13,16H,2,7-10H2,1H3,(H2,15,18). The molecular formula is C14H21N3O. The van der Waals surface area contributed by atoms with Gasteiger partial charge in [-0.3, -0.25) is 0 Å². The number of nitrogens with one attached hydrogen (secondary N) is 1. The molecule has 0 saturated carbocycles. The molecule has 0 unspecified atom stereocenters. The Morgan fingerprint density at radius 1 is 1.33 bits per heavy atom. The first kappa shape index (κ1) is 12.7. The second-order valence-corrected chi connectivity index (χ2v) is 4.79. The van der Waals surface area contributed by atoms with Gasteiger partial charge in [0.1, 0.15) is 0 Å². The lowest BCUT2D eigenvalue weighted by atomic mass is 10.0. The molecule has 2 amide bonds. The van der Waals surface area contributed by atoms with Gasteiger partial charge in [-0.25, -0.2) is 4.79 Å². The molecular weight excluding hydrogens is 226 g/mol. The van der Waals surface area contributed by atoms with Gasteiger partial charge < -0.3 is 16.0 Å². The van der Waals surface area contributed by atoms with E-state index in [9.17, 15) is 4.79 Å². The number of nitrogens with zero attached hydrogens (tertiary/aromatic N) is 1. The highest BCUT2D eigenvalue weighted by atomic mass is 16.2. The Labute approximate surface area is 108 Å². The number of amides is 2. The lowest BCUT2D eigenvalue weighted by Crippen LogP contribution is -2.44. The number of carbonyl (C=O) groups excluding carboxylic acids is 1. The molecule has 1 aliphatic heterocycles. The van der Waals surface area contributed by atoms with Crippen LogP contribution in [-0.4, -0.2) is 30.1 Å². The van der Waals surface area contributed by atoms with Crippen LogP contribution < -0.4 is 11.1 Å². The van der Waals surface area contributed by atoms with Crippen molar-refractivity contribution in [3.63, 3.8) is 0 Å². The van der Waals surface area contributed by atoms with Crippen molar-refractivity contribution >= 4 is 11.7 Å². The Hall–Kier alpha value is -1.71. The molecule has 0 radical (unpaired) electrons. The maximum atomic E-state index is 11.0. The minimum Gasteiger partial charge on any atom is -0.382 e. The van der Waals surface area contributed by atoms with E-state index >= 15 is 0 Å². The van der Waals surface area contributed by atoms with Crippen molar-refractivity contribution < 1.29 is 4.79 Å². The summed E-state index contributed by atoms with van der Waals surface area (Å²) in [6.07, 6.45) is 2.98. The molecule has 4 heteroatoms. The van der Waals surface area contributed by atoms with Crippen molar-refractivity contribution in [2.45, 2.75) is 32.2 Å². The first-order chi connectivity index (χ1) is 8.69. The number of benzene rings is 1. The average molecular weight is 247 g/mol. The summed E-state index contributed by atoms with van der Waals surface area (Å²) in [5.74, 6) is 0. The van der Waals surface area contributed by atoms with Gasteiger partial charge in [0.05, 0.1) is 0 Å². The number of nitrogens with two attached hydrogens (primary N) is 1. The molecule has 98 valence electrons. The topological polar surface area (TPSA) is 58.4 Å². The third-order valence-electron chi connectivity index (χ3n) is 3.54. The van der Waals surface area contributed by atoms with E-state index in [4.69, 9.17) is 5.73 Å². The lowest BCUT2D eigenvalue weighted by Gasteiger charge is -2.31. The molecule has 3 N–H and O–H groups in total. The highest BCUT2D eigenvalue weighted by Gasteiger charge is 2.20. The van der Waals surface area contributed by atoms with E-state index in [2.05, 4.69) is 36.5 Å². The number of hydrogen-bond acceptors (Lipinski definition) is 2. The summed E-state index contributed by atoms with van der Waals surface area (Å²) in [7, 11) is 0. The normalized spacial score (nSPS) is 16.6. The molecule has 0 atom stereocenters. The third kappa shape index (κ3) is 3.15. The van der Waals surface area contributed by atoms with Crippen molar-refractivity contribution in [1.29, 1.82) is 0 Å².